The van der Waals surface area contributed by atoms with E-state index in [0.717, 1.165) is 5.52 Å². The number of para-hydroxylation sites is 2. The Morgan fingerprint density at radius 2 is 1.96 bits per heavy atom. The van der Waals surface area contributed by atoms with Gasteiger partial charge in [0.25, 0.3) is 0 Å². The van der Waals surface area contributed by atoms with Crippen LogP contribution in [0, 0.1) is 11.3 Å². The fraction of sp³-hybridized carbons (Fsp3) is 0.111. The van der Waals surface area contributed by atoms with Crippen LogP contribution >= 0.6 is 0 Å². The molecule has 1 amide bonds. The molecule has 0 spiro atoms. The molecule has 7 heteroatoms. The van der Waals surface area contributed by atoms with Crippen LogP contribution in [0.5, 0.6) is 11.6 Å². The number of nitrogens with zero attached hydrogens (tertiary/aromatic N) is 4. The molecule has 0 saturated carbocycles. The first-order chi connectivity index (χ1) is 12.1. The summed E-state index contributed by atoms with van der Waals surface area (Å²) in [6.45, 7) is -0.353. The predicted molar refractivity (Wildman–Crippen MR) is 90.8 cm³/mol. The van der Waals surface area contributed by atoms with Crippen LogP contribution in [0.2, 0.25) is 0 Å². The van der Waals surface area contributed by atoms with E-state index in [9.17, 15) is 9.90 Å². The van der Waals surface area contributed by atoms with Crippen molar-refractivity contribution in [2.45, 2.75) is 0 Å². The molecule has 0 saturated heterocycles. The average molecular weight is 334 g/mol. The van der Waals surface area contributed by atoms with Gasteiger partial charge in [0.1, 0.15) is 11.8 Å². The summed E-state index contributed by atoms with van der Waals surface area (Å²) in [6.07, 6.45) is 0. The summed E-state index contributed by atoms with van der Waals surface area (Å²) in [7, 11) is 1.69. The molecule has 0 unspecified atom stereocenters. The van der Waals surface area contributed by atoms with Gasteiger partial charge >= 0.3 is 5.91 Å². The van der Waals surface area contributed by atoms with E-state index in [2.05, 4.69) is 10.2 Å². The van der Waals surface area contributed by atoms with Gasteiger partial charge in [-0.1, -0.05) is 30.3 Å². The average Bonchev–Trinajstić information content (AvgIpc) is 2.89. The largest absolute Gasteiger partial charge is 0.493 e. The molecule has 0 aliphatic rings. The summed E-state index contributed by atoms with van der Waals surface area (Å²) in [4.78, 5) is 11.9. The second-order valence-electron chi connectivity index (χ2n) is 5.24. The summed E-state index contributed by atoms with van der Waals surface area (Å²) in [5.41, 5.74) is 1.34. The van der Waals surface area contributed by atoms with Crippen LogP contribution in [0.3, 0.4) is 0 Å². The van der Waals surface area contributed by atoms with E-state index in [1.54, 1.807) is 41.9 Å². The quantitative estimate of drug-likeness (QED) is 0.738. The number of carbonyl (C=O) groups is 1. The van der Waals surface area contributed by atoms with Gasteiger partial charge in [-0.3, -0.25) is 4.79 Å². The van der Waals surface area contributed by atoms with Crippen molar-refractivity contribution in [3.8, 4) is 17.7 Å². The van der Waals surface area contributed by atoms with E-state index in [1.807, 2.05) is 24.3 Å². The molecule has 2 aromatic carbocycles. The van der Waals surface area contributed by atoms with Crippen LogP contribution < -0.4 is 4.74 Å². The third-order valence-corrected chi connectivity index (χ3v) is 3.67. The number of azo groups is 1. The van der Waals surface area contributed by atoms with E-state index in [1.165, 1.54) is 0 Å². The van der Waals surface area contributed by atoms with Gasteiger partial charge in [0.2, 0.25) is 5.88 Å². The first kappa shape index (κ1) is 16.2. The second-order valence-corrected chi connectivity index (χ2v) is 5.24. The highest BCUT2D eigenvalue weighted by molar-refractivity contribution is 5.95. The molecule has 0 bridgehead atoms. The molecule has 7 nitrogen and oxygen atoms in total. The molecular weight excluding hydrogens is 320 g/mol. The Bertz CT molecular complexity index is 1010. The molecule has 124 valence electrons. The Morgan fingerprint density at radius 3 is 2.76 bits per heavy atom. The minimum absolute atomic E-state index is 0.0755. The second kappa shape index (κ2) is 6.84. The molecule has 0 aliphatic carbocycles. The molecule has 1 aromatic heterocycles. The molecule has 25 heavy (non-hydrogen) atoms. The lowest BCUT2D eigenvalue weighted by atomic mass is 10.2. The van der Waals surface area contributed by atoms with E-state index in [0.29, 0.717) is 16.7 Å². The van der Waals surface area contributed by atoms with Crippen LogP contribution in [-0.2, 0) is 11.8 Å². The number of rotatable bonds is 4. The summed E-state index contributed by atoms with van der Waals surface area (Å²) in [5.74, 6) is -0.393. The maximum Gasteiger partial charge on any atom is 0.302 e. The lowest BCUT2D eigenvalue weighted by molar-refractivity contribution is -0.120. The van der Waals surface area contributed by atoms with Crippen LogP contribution in [0.1, 0.15) is 5.56 Å². The number of hydrogen-bond acceptors (Lipinski definition) is 5. The number of amides is 1. The van der Waals surface area contributed by atoms with Crippen molar-refractivity contribution in [1.82, 2.24) is 4.57 Å². The van der Waals surface area contributed by atoms with Gasteiger partial charge in [-0.15, -0.1) is 10.2 Å². The summed E-state index contributed by atoms with van der Waals surface area (Å²) < 4.78 is 6.87. The van der Waals surface area contributed by atoms with Crippen molar-refractivity contribution in [2.24, 2.45) is 17.3 Å². The fourth-order valence-electron chi connectivity index (χ4n) is 2.42. The SMILES string of the molecule is Cn1c(O)c(N=NC(=O)COc2ccccc2C#N)c2ccccc21. The first-order valence-electron chi connectivity index (χ1n) is 7.44. The maximum absolute atomic E-state index is 11.9. The normalized spacial score (nSPS) is 10.9. The van der Waals surface area contributed by atoms with Gasteiger partial charge in [-0.2, -0.15) is 5.26 Å². The number of carbonyl (C=O) groups excluding carboxylic acids is 1. The molecule has 0 aliphatic heterocycles. The van der Waals surface area contributed by atoms with E-state index in [-0.39, 0.29) is 18.2 Å². The highest BCUT2D eigenvalue weighted by Gasteiger charge is 2.14. The molecule has 0 atom stereocenters. The first-order valence-corrected chi connectivity index (χ1v) is 7.44. The highest BCUT2D eigenvalue weighted by atomic mass is 16.5. The van der Waals surface area contributed by atoms with Crippen LogP contribution in [0.4, 0.5) is 5.69 Å². The number of aromatic nitrogens is 1. The number of nitriles is 1. The Morgan fingerprint density at radius 1 is 1.24 bits per heavy atom. The summed E-state index contributed by atoms with van der Waals surface area (Å²) >= 11 is 0. The smallest absolute Gasteiger partial charge is 0.302 e. The zero-order valence-corrected chi connectivity index (χ0v) is 13.4. The molecular formula is C18H14N4O3. The zero-order chi connectivity index (χ0) is 17.8. The minimum Gasteiger partial charge on any atom is -0.493 e. The van der Waals surface area contributed by atoms with Gasteiger partial charge in [-0.25, -0.2) is 0 Å². The number of benzene rings is 2. The lowest BCUT2D eigenvalue weighted by Gasteiger charge is -2.04. The number of ether oxygens (including phenoxy) is 1. The lowest BCUT2D eigenvalue weighted by Crippen LogP contribution is -2.08. The van der Waals surface area contributed by atoms with Gasteiger partial charge in [0, 0.05) is 12.4 Å². The zero-order valence-electron chi connectivity index (χ0n) is 13.4. The monoisotopic (exact) mass is 334 g/mol. The van der Waals surface area contributed by atoms with Crippen molar-refractivity contribution in [3.63, 3.8) is 0 Å². The van der Waals surface area contributed by atoms with Crippen molar-refractivity contribution < 1.29 is 14.6 Å². The third kappa shape index (κ3) is 3.19. The van der Waals surface area contributed by atoms with Gasteiger partial charge in [-0.05, 0) is 18.2 Å². The van der Waals surface area contributed by atoms with Gasteiger partial charge in [0.15, 0.2) is 12.3 Å². The van der Waals surface area contributed by atoms with E-state index >= 15 is 0 Å². The Kier molecular flexibility index (Phi) is 4.44. The molecule has 3 aromatic rings. The minimum atomic E-state index is -0.625. The third-order valence-electron chi connectivity index (χ3n) is 3.67. The summed E-state index contributed by atoms with van der Waals surface area (Å²) in [5, 5.41) is 27.3. The predicted octanol–water partition coefficient (Wildman–Crippen LogP) is 3.44. The Labute approximate surface area is 143 Å². The van der Waals surface area contributed by atoms with Crippen LogP contribution in [0.25, 0.3) is 10.9 Å². The van der Waals surface area contributed by atoms with E-state index in [4.69, 9.17) is 10.00 Å². The summed E-state index contributed by atoms with van der Waals surface area (Å²) in [6, 6.07) is 15.8. The number of hydrogen-bond donors (Lipinski definition) is 1. The molecule has 1 heterocycles. The Balaban J connectivity index is 1.76. The number of aromatic hydroxyl groups is 1. The van der Waals surface area contributed by atoms with Crippen molar-refractivity contribution in [2.75, 3.05) is 6.61 Å². The molecule has 1 N–H and O–H groups in total. The topological polar surface area (TPSA) is 100.0 Å². The van der Waals surface area contributed by atoms with Crippen molar-refractivity contribution >= 4 is 22.5 Å². The molecule has 3 rings (SSSR count). The standard InChI is InChI=1S/C18H14N4O3/c1-22-14-8-4-3-7-13(14)17(18(22)24)21-20-16(23)11-25-15-9-5-2-6-12(15)10-19/h2-9,24H,11H2,1H3. The van der Waals surface area contributed by atoms with Crippen LogP contribution in [0.15, 0.2) is 58.8 Å². The van der Waals surface area contributed by atoms with E-state index < -0.39 is 5.91 Å². The van der Waals surface area contributed by atoms with Crippen LogP contribution in [-0.4, -0.2) is 22.2 Å². The molecule has 0 radical (unpaired) electrons. The number of aryl methyl sites for hydroxylation is 1. The van der Waals surface area contributed by atoms with Gasteiger partial charge < -0.3 is 14.4 Å². The molecule has 0 fully saturated rings. The number of fused-ring (bicyclic) bond motifs is 1. The van der Waals surface area contributed by atoms with Crippen molar-refractivity contribution in [3.05, 3.63) is 54.1 Å². The van der Waals surface area contributed by atoms with Crippen molar-refractivity contribution in [1.29, 1.82) is 5.26 Å². The maximum atomic E-state index is 11.9. The Hall–Kier alpha value is -3.66. The highest BCUT2D eigenvalue weighted by Crippen LogP contribution is 2.37. The fourth-order valence-corrected chi connectivity index (χ4v) is 2.42. The van der Waals surface area contributed by atoms with Gasteiger partial charge in [0.05, 0.1) is 11.1 Å².